The lowest BCUT2D eigenvalue weighted by Gasteiger charge is -2.35. The minimum absolute atomic E-state index is 0.0109. The molecule has 0 aliphatic carbocycles. The molecule has 0 radical (unpaired) electrons. The third-order valence-electron chi connectivity index (χ3n) is 5.30. The third-order valence-corrected chi connectivity index (χ3v) is 7.18. The SMILES string of the molecule is CC(C)Oc1ccc(C(=O)NCCS(=O)(=O)N2CCN(c3cccc(C(F)(F)F)c3)CC2)cc1. The highest BCUT2D eigenvalue weighted by Gasteiger charge is 2.32. The average molecular weight is 500 g/mol. The maximum absolute atomic E-state index is 13.0. The second kappa shape index (κ2) is 10.6. The summed E-state index contributed by atoms with van der Waals surface area (Å²) in [6.07, 6.45) is -4.42. The van der Waals surface area contributed by atoms with Crippen LogP contribution >= 0.6 is 0 Å². The van der Waals surface area contributed by atoms with Gasteiger partial charge in [0.1, 0.15) is 5.75 Å². The zero-order chi connectivity index (χ0) is 24.9. The average Bonchev–Trinajstić information content (AvgIpc) is 2.78. The van der Waals surface area contributed by atoms with E-state index in [9.17, 15) is 26.4 Å². The van der Waals surface area contributed by atoms with Crippen molar-refractivity contribution in [3.8, 4) is 5.75 Å². The summed E-state index contributed by atoms with van der Waals surface area (Å²) in [5.74, 6) is -0.0179. The lowest BCUT2D eigenvalue weighted by Crippen LogP contribution is -2.50. The maximum Gasteiger partial charge on any atom is 0.416 e. The first-order chi connectivity index (χ1) is 16.0. The summed E-state index contributed by atoms with van der Waals surface area (Å²) in [4.78, 5) is 14.0. The Balaban J connectivity index is 1.49. The molecule has 0 saturated carbocycles. The van der Waals surface area contributed by atoms with Crippen LogP contribution < -0.4 is 15.0 Å². The van der Waals surface area contributed by atoms with E-state index in [2.05, 4.69) is 5.32 Å². The van der Waals surface area contributed by atoms with Gasteiger partial charge < -0.3 is 15.0 Å². The van der Waals surface area contributed by atoms with Crippen LogP contribution in [-0.2, 0) is 16.2 Å². The van der Waals surface area contributed by atoms with E-state index in [4.69, 9.17) is 4.74 Å². The zero-order valence-electron chi connectivity index (χ0n) is 19.0. The van der Waals surface area contributed by atoms with E-state index in [0.717, 1.165) is 12.1 Å². The maximum atomic E-state index is 13.0. The van der Waals surface area contributed by atoms with Gasteiger partial charge >= 0.3 is 6.18 Å². The molecule has 1 N–H and O–H groups in total. The first-order valence-electron chi connectivity index (χ1n) is 10.9. The van der Waals surface area contributed by atoms with Crippen LogP contribution in [0.5, 0.6) is 5.75 Å². The lowest BCUT2D eigenvalue weighted by molar-refractivity contribution is -0.137. The minimum atomic E-state index is -4.44. The van der Waals surface area contributed by atoms with E-state index in [1.807, 2.05) is 13.8 Å². The van der Waals surface area contributed by atoms with E-state index in [1.165, 1.54) is 10.4 Å². The van der Waals surface area contributed by atoms with Crippen LogP contribution in [0, 0.1) is 0 Å². The molecule has 3 rings (SSSR count). The van der Waals surface area contributed by atoms with Crippen molar-refractivity contribution < 1.29 is 31.1 Å². The number of ether oxygens (including phenoxy) is 1. The van der Waals surface area contributed by atoms with Crippen LogP contribution in [0.4, 0.5) is 18.9 Å². The Bertz CT molecular complexity index is 1080. The van der Waals surface area contributed by atoms with Crippen LogP contribution in [0.25, 0.3) is 0 Å². The van der Waals surface area contributed by atoms with Crippen molar-refractivity contribution in [2.24, 2.45) is 0 Å². The molecule has 1 aliphatic heterocycles. The first kappa shape index (κ1) is 25.8. The molecule has 2 aromatic carbocycles. The number of hydrogen-bond acceptors (Lipinski definition) is 5. The second-order valence-corrected chi connectivity index (χ2v) is 10.3. The molecule has 0 bridgehead atoms. The molecular weight excluding hydrogens is 471 g/mol. The van der Waals surface area contributed by atoms with Crippen molar-refractivity contribution in [3.63, 3.8) is 0 Å². The Morgan fingerprint density at radius 3 is 2.29 bits per heavy atom. The Kier molecular flexibility index (Phi) is 8.09. The molecule has 11 heteroatoms. The summed E-state index contributed by atoms with van der Waals surface area (Å²) in [6, 6.07) is 11.6. The van der Waals surface area contributed by atoms with Crippen LogP contribution in [0.3, 0.4) is 0 Å². The Morgan fingerprint density at radius 1 is 1.06 bits per heavy atom. The van der Waals surface area contributed by atoms with Gasteiger partial charge in [0, 0.05) is 44.0 Å². The van der Waals surface area contributed by atoms with Gasteiger partial charge in [-0.15, -0.1) is 0 Å². The standard InChI is InChI=1S/C23H28F3N3O4S/c1-17(2)33-21-8-6-18(7-9-21)22(30)27-10-15-34(31,32)29-13-11-28(12-14-29)20-5-3-4-19(16-20)23(24,25)26/h3-9,16-17H,10-15H2,1-2H3,(H,27,30). The molecule has 0 aromatic heterocycles. The first-order valence-corrected chi connectivity index (χ1v) is 12.5. The Hall–Kier alpha value is -2.79. The van der Waals surface area contributed by atoms with Crippen molar-refractivity contribution in [2.45, 2.75) is 26.1 Å². The largest absolute Gasteiger partial charge is 0.491 e. The van der Waals surface area contributed by atoms with E-state index in [0.29, 0.717) is 17.0 Å². The topological polar surface area (TPSA) is 78.9 Å². The highest BCUT2D eigenvalue weighted by atomic mass is 32.2. The van der Waals surface area contributed by atoms with Gasteiger partial charge in [0.15, 0.2) is 0 Å². The van der Waals surface area contributed by atoms with Gasteiger partial charge in [0.05, 0.1) is 17.4 Å². The summed E-state index contributed by atoms with van der Waals surface area (Å²) >= 11 is 0. The van der Waals surface area contributed by atoms with Crippen molar-refractivity contribution in [1.82, 2.24) is 9.62 Å². The fraction of sp³-hybridized carbons (Fsp3) is 0.435. The van der Waals surface area contributed by atoms with Gasteiger partial charge in [-0.3, -0.25) is 4.79 Å². The van der Waals surface area contributed by atoms with Gasteiger partial charge in [-0.25, -0.2) is 8.42 Å². The number of alkyl halides is 3. The summed E-state index contributed by atoms with van der Waals surface area (Å²) < 4.78 is 71.1. The molecule has 7 nitrogen and oxygen atoms in total. The molecule has 1 saturated heterocycles. The summed E-state index contributed by atoms with van der Waals surface area (Å²) in [5.41, 5.74) is 0.0602. The number of benzene rings is 2. The van der Waals surface area contributed by atoms with E-state index in [-0.39, 0.29) is 50.5 Å². The van der Waals surface area contributed by atoms with Gasteiger partial charge in [0.2, 0.25) is 10.0 Å². The number of sulfonamides is 1. The highest BCUT2D eigenvalue weighted by Crippen LogP contribution is 2.32. The number of carbonyl (C=O) groups excluding carboxylic acids is 1. The monoisotopic (exact) mass is 499 g/mol. The normalized spacial score (nSPS) is 15.4. The lowest BCUT2D eigenvalue weighted by atomic mass is 10.1. The molecule has 34 heavy (non-hydrogen) atoms. The second-order valence-electron chi connectivity index (χ2n) is 8.20. The van der Waals surface area contributed by atoms with E-state index < -0.39 is 21.8 Å². The molecule has 0 atom stereocenters. The molecule has 1 heterocycles. The van der Waals surface area contributed by atoms with Crippen LogP contribution in [-0.4, -0.2) is 63.2 Å². The molecule has 0 spiro atoms. The predicted molar refractivity (Wildman–Crippen MR) is 124 cm³/mol. The highest BCUT2D eigenvalue weighted by molar-refractivity contribution is 7.89. The fourth-order valence-corrected chi connectivity index (χ4v) is 4.92. The van der Waals surface area contributed by atoms with Gasteiger partial charge in [-0.1, -0.05) is 6.07 Å². The molecule has 1 fully saturated rings. The third kappa shape index (κ3) is 6.86. The van der Waals surface area contributed by atoms with E-state index >= 15 is 0 Å². The number of carbonyl (C=O) groups is 1. The molecule has 0 unspecified atom stereocenters. The van der Waals surface area contributed by atoms with Crippen LogP contribution in [0.2, 0.25) is 0 Å². The molecular formula is C23H28F3N3O4S. The number of nitrogens with zero attached hydrogens (tertiary/aromatic N) is 2. The number of hydrogen-bond donors (Lipinski definition) is 1. The van der Waals surface area contributed by atoms with Gasteiger partial charge in [-0.2, -0.15) is 17.5 Å². The van der Waals surface area contributed by atoms with Crippen LogP contribution in [0.15, 0.2) is 48.5 Å². The van der Waals surface area contributed by atoms with Crippen LogP contribution in [0.1, 0.15) is 29.8 Å². The molecule has 186 valence electrons. The quantitative estimate of drug-likeness (QED) is 0.603. The zero-order valence-corrected chi connectivity index (χ0v) is 19.8. The van der Waals surface area contributed by atoms with Crippen molar-refractivity contribution in [2.75, 3.05) is 43.4 Å². The predicted octanol–water partition coefficient (Wildman–Crippen LogP) is 3.37. The smallest absolute Gasteiger partial charge is 0.416 e. The number of piperazine rings is 1. The number of anilines is 1. The fourth-order valence-electron chi connectivity index (χ4n) is 3.59. The Morgan fingerprint density at radius 2 is 1.71 bits per heavy atom. The van der Waals surface area contributed by atoms with Gasteiger partial charge in [-0.05, 0) is 56.3 Å². The van der Waals surface area contributed by atoms with E-state index in [1.54, 1.807) is 35.2 Å². The number of nitrogens with one attached hydrogen (secondary N) is 1. The van der Waals surface area contributed by atoms with Crippen molar-refractivity contribution in [1.29, 1.82) is 0 Å². The van der Waals surface area contributed by atoms with Crippen molar-refractivity contribution >= 4 is 21.6 Å². The number of halogens is 3. The van der Waals surface area contributed by atoms with Crippen molar-refractivity contribution in [3.05, 3.63) is 59.7 Å². The minimum Gasteiger partial charge on any atom is -0.491 e. The summed E-state index contributed by atoms with van der Waals surface area (Å²) in [7, 11) is -3.63. The molecule has 2 aromatic rings. The number of amides is 1. The van der Waals surface area contributed by atoms with Gasteiger partial charge in [0.25, 0.3) is 5.91 Å². The molecule has 1 amide bonds. The Labute approximate surface area is 197 Å². The summed E-state index contributed by atoms with van der Waals surface area (Å²) in [5, 5.41) is 2.61. The summed E-state index contributed by atoms with van der Waals surface area (Å²) in [6.45, 7) is 4.60. The molecule has 1 aliphatic rings. The number of rotatable bonds is 8.